The number of hydrogen-bond acceptors (Lipinski definition) is 5. The first-order valence-electron chi connectivity index (χ1n) is 7.89. The summed E-state index contributed by atoms with van der Waals surface area (Å²) in [6.45, 7) is 4.35. The molecule has 5 heteroatoms. The summed E-state index contributed by atoms with van der Waals surface area (Å²) in [4.78, 5) is 12.5. The van der Waals surface area contributed by atoms with Crippen molar-refractivity contribution in [2.45, 2.75) is 26.2 Å². The van der Waals surface area contributed by atoms with Gasteiger partial charge in [0.2, 0.25) is 5.75 Å². The van der Waals surface area contributed by atoms with Gasteiger partial charge < -0.3 is 18.9 Å². The maximum Gasteiger partial charge on any atom is 0.203 e. The Kier molecular flexibility index (Phi) is 5.90. The molecule has 1 aliphatic carbocycles. The van der Waals surface area contributed by atoms with Crippen molar-refractivity contribution >= 4 is 5.78 Å². The number of ether oxygens (including phenoxy) is 4. The van der Waals surface area contributed by atoms with Crippen molar-refractivity contribution in [2.24, 2.45) is 0 Å². The Morgan fingerprint density at radius 2 is 1.83 bits per heavy atom. The maximum atomic E-state index is 12.5. The highest BCUT2D eigenvalue weighted by Crippen LogP contribution is 2.47. The number of rotatable bonds is 6. The summed E-state index contributed by atoms with van der Waals surface area (Å²) >= 11 is 0. The Labute approximate surface area is 142 Å². The van der Waals surface area contributed by atoms with E-state index in [4.69, 9.17) is 18.9 Å². The van der Waals surface area contributed by atoms with E-state index in [-0.39, 0.29) is 11.7 Å². The number of methoxy groups -OCH3 is 3. The van der Waals surface area contributed by atoms with Crippen LogP contribution in [0.2, 0.25) is 0 Å². The Morgan fingerprint density at radius 3 is 2.42 bits per heavy atom. The molecule has 130 valence electrons. The Hall–Kier alpha value is -2.43. The number of ketones is 1. The van der Waals surface area contributed by atoms with Crippen LogP contribution in [0.3, 0.4) is 0 Å². The first-order chi connectivity index (χ1) is 11.6. The van der Waals surface area contributed by atoms with Crippen molar-refractivity contribution in [1.29, 1.82) is 0 Å². The molecule has 24 heavy (non-hydrogen) atoms. The predicted molar refractivity (Wildman–Crippen MR) is 91.9 cm³/mol. The first kappa shape index (κ1) is 17.9. The minimum absolute atomic E-state index is 0.0333. The monoisotopic (exact) mass is 332 g/mol. The highest BCUT2D eigenvalue weighted by Gasteiger charge is 2.31. The van der Waals surface area contributed by atoms with Crippen molar-refractivity contribution < 1.29 is 23.7 Å². The lowest BCUT2D eigenvalue weighted by atomic mass is 9.79. The number of carbonyl (C=O) groups is 1. The molecule has 0 amide bonds. The maximum absolute atomic E-state index is 12.5. The molecule has 0 N–H and O–H groups in total. The van der Waals surface area contributed by atoms with Gasteiger partial charge in [0.15, 0.2) is 17.3 Å². The van der Waals surface area contributed by atoms with Crippen LogP contribution in [0.15, 0.2) is 35.6 Å². The molecule has 2 rings (SSSR count). The number of carbonyl (C=O) groups excluding carboxylic acids is 1. The van der Waals surface area contributed by atoms with Gasteiger partial charge >= 0.3 is 0 Å². The van der Waals surface area contributed by atoms with E-state index in [2.05, 4.69) is 0 Å². The molecule has 0 spiro atoms. The van der Waals surface area contributed by atoms with E-state index in [0.29, 0.717) is 29.4 Å². The molecular formula is C19H24O5. The molecule has 1 aromatic rings. The van der Waals surface area contributed by atoms with Crippen LogP contribution in [-0.2, 0) is 9.53 Å². The summed E-state index contributed by atoms with van der Waals surface area (Å²) in [5.41, 5.74) is 2.52. The molecule has 0 saturated carbocycles. The average Bonchev–Trinajstić information content (AvgIpc) is 2.58. The summed E-state index contributed by atoms with van der Waals surface area (Å²) in [7, 11) is 4.73. The minimum Gasteiger partial charge on any atom is -0.501 e. The Balaban J connectivity index is 2.59. The van der Waals surface area contributed by atoms with Crippen LogP contribution in [-0.4, -0.2) is 33.7 Å². The van der Waals surface area contributed by atoms with Crippen LogP contribution in [0.4, 0.5) is 0 Å². The quantitative estimate of drug-likeness (QED) is 0.588. The second-order valence-corrected chi connectivity index (χ2v) is 5.56. The second kappa shape index (κ2) is 7.90. The van der Waals surface area contributed by atoms with Crippen LogP contribution < -0.4 is 14.2 Å². The highest BCUT2D eigenvalue weighted by atomic mass is 16.5. The topological polar surface area (TPSA) is 54.0 Å². The highest BCUT2D eigenvalue weighted by molar-refractivity contribution is 6.06. The third kappa shape index (κ3) is 3.40. The fraction of sp³-hybridized carbons (Fsp3) is 0.421. The van der Waals surface area contributed by atoms with Gasteiger partial charge in [0.1, 0.15) is 0 Å². The summed E-state index contributed by atoms with van der Waals surface area (Å²) in [5, 5.41) is 0. The first-order valence-corrected chi connectivity index (χ1v) is 7.89. The number of hydrogen-bond donors (Lipinski definition) is 0. The largest absolute Gasteiger partial charge is 0.501 e. The van der Waals surface area contributed by atoms with E-state index >= 15 is 0 Å². The van der Waals surface area contributed by atoms with Crippen LogP contribution in [0.5, 0.6) is 17.2 Å². The van der Waals surface area contributed by atoms with Crippen LogP contribution in [0, 0.1) is 0 Å². The molecule has 1 aromatic carbocycles. The molecule has 1 unspecified atom stereocenters. The van der Waals surface area contributed by atoms with E-state index in [1.54, 1.807) is 33.7 Å². The number of benzene rings is 1. The molecule has 1 atom stereocenters. The standard InChI is InChI=1S/C19H24O5/c1-6-24-11-15-14(9-12(2)10-16(15)20)13-7-8-17(21-3)19(23-5)18(13)22-4/h7-8,10-11,14H,6,9H2,1-5H3. The molecule has 0 radical (unpaired) electrons. The normalized spacial score (nSPS) is 19.0. The second-order valence-electron chi connectivity index (χ2n) is 5.56. The van der Waals surface area contributed by atoms with E-state index < -0.39 is 0 Å². The van der Waals surface area contributed by atoms with Crippen molar-refractivity contribution in [1.82, 2.24) is 0 Å². The predicted octanol–water partition coefficient (Wildman–Crippen LogP) is 3.64. The zero-order chi connectivity index (χ0) is 17.7. The van der Waals surface area contributed by atoms with Crippen molar-refractivity contribution in [3.63, 3.8) is 0 Å². The number of allylic oxidation sites excluding steroid dienone is 3. The fourth-order valence-electron chi connectivity index (χ4n) is 2.96. The smallest absolute Gasteiger partial charge is 0.203 e. The van der Waals surface area contributed by atoms with Crippen LogP contribution >= 0.6 is 0 Å². The minimum atomic E-state index is -0.149. The van der Waals surface area contributed by atoms with E-state index in [0.717, 1.165) is 17.6 Å². The molecule has 0 saturated heterocycles. The third-order valence-electron chi connectivity index (χ3n) is 4.05. The van der Waals surface area contributed by atoms with Gasteiger partial charge in [-0.1, -0.05) is 11.6 Å². The molecule has 1 aliphatic rings. The lowest BCUT2D eigenvalue weighted by Crippen LogP contribution is -2.17. The van der Waals surface area contributed by atoms with E-state index in [1.165, 1.54) is 0 Å². The van der Waals surface area contributed by atoms with Crippen molar-refractivity contribution in [2.75, 3.05) is 27.9 Å². The Bertz CT molecular complexity index is 673. The lowest BCUT2D eigenvalue weighted by Gasteiger charge is -2.26. The summed E-state index contributed by atoms with van der Waals surface area (Å²) in [6.07, 6.45) is 3.94. The molecule has 0 bridgehead atoms. The lowest BCUT2D eigenvalue weighted by molar-refractivity contribution is -0.112. The van der Waals surface area contributed by atoms with Gasteiger partial charge in [0, 0.05) is 17.1 Å². The molecule has 0 aliphatic heterocycles. The zero-order valence-corrected chi connectivity index (χ0v) is 14.8. The summed E-state index contributed by atoms with van der Waals surface area (Å²) in [5.74, 6) is 1.50. The third-order valence-corrected chi connectivity index (χ3v) is 4.05. The van der Waals surface area contributed by atoms with Crippen LogP contribution in [0.1, 0.15) is 31.7 Å². The molecule has 0 heterocycles. The molecule has 0 aromatic heterocycles. The van der Waals surface area contributed by atoms with Gasteiger partial charge in [-0.3, -0.25) is 4.79 Å². The van der Waals surface area contributed by atoms with Gasteiger partial charge in [-0.15, -0.1) is 0 Å². The van der Waals surface area contributed by atoms with Gasteiger partial charge in [-0.05, 0) is 32.4 Å². The van der Waals surface area contributed by atoms with Gasteiger partial charge in [0.05, 0.1) is 34.2 Å². The van der Waals surface area contributed by atoms with Crippen LogP contribution in [0.25, 0.3) is 0 Å². The van der Waals surface area contributed by atoms with E-state index in [9.17, 15) is 4.79 Å². The van der Waals surface area contributed by atoms with E-state index in [1.807, 2.05) is 26.0 Å². The summed E-state index contributed by atoms with van der Waals surface area (Å²) in [6, 6.07) is 3.74. The Morgan fingerprint density at radius 1 is 1.12 bits per heavy atom. The average molecular weight is 332 g/mol. The molecule has 5 nitrogen and oxygen atoms in total. The van der Waals surface area contributed by atoms with Gasteiger partial charge in [0.25, 0.3) is 0 Å². The molecular weight excluding hydrogens is 308 g/mol. The van der Waals surface area contributed by atoms with Gasteiger partial charge in [-0.2, -0.15) is 0 Å². The molecule has 0 fully saturated rings. The van der Waals surface area contributed by atoms with Crippen molar-refractivity contribution in [3.8, 4) is 17.2 Å². The fourth-order valence-corrected chi connectivity index (χ4v) is 2.96. The SMILES string of the molecule is CCOC=C1C(=O)C=C(C)CC1c1ccc(OC)c(OC)c1OC. The van der Waals surface area contributed by atoms with Crippen molar-refractivity contribution in [3.05, 3.63) is 41.2 Å². The zero-order valence-electron chi connectivity index (χ0n) is 14.8. The summed E-state index contributed by atoms with van der Waals surface area (Å²) < 4.78 is 21.8. The van der Waals surface area contributed by atoms with Gasteiger partial charge in [-0.25, -0.2) is 0 Å².